The molecule has 1 aliphatic rings. The van der Waals surface area contributed by atoms with Gasteiger partial charge in [0.2, 0.25) is 5.95 Å². The third-order valence-corrected chi connectivity index (χ3v) is 3.43. The van der Waals surface area contributed by atoms with Gasteiger partial charge in [0.05, 0.1) is 24.2 Å². The Kier molecular flexibility index (Phi) is 6.94. The van der Waals surface area contributed by atoms with Crippen molar-refractivity contribution in [2.75, 3.05) is 38.6 Å². The van der Waals surface area contributed by atoms with Gasteiger partial charge in [0.15, 0.2) is 0 Å². The maximum absolute atomic E-state index is 5.98. The molecule has 0 spiro atoms. The Balaban J connectivity index is 0.000001000. The van der Waals surface area contributed by atoms with E-state index in [-0.39, 0.29) is 34.0 Å². The number of imidazole rings is 1. The third-order valence-electron chi connectivity index (χ3n) is 3.43. The molecule has 1 aliphatic heterocycles. The average Bonchev–Trinajstić information content (AvgIpc) is 2.73. The van der Waals surface area contributed by atoms with Gasteiger partial charge in [-0.3, -0.25) is 4.90 Å². The first-order valence-corrected chi connectivity index (χ1v) is 6.35. The number of aromatic nitrogens is 2. The van der Waals surface area contributed by atoms with Crippen molar-refractivity contribution in [2.24, 2.45) is 0 Å². The number of benzene rings is 1. The van der Waals surface area contributed by atoms with Gasteiger partial charge in [-0.15, -0.1) is 34.0 Å². The molecule has 0 unspecified atom stereocenters. The fourth-order valence-corrected chi connectivity index (χ4v) is 2.40. The predicted molar refractivity (Wildman–Crippen MR) is 92.0 cm³/mol. The summed E-state index contributed by atoms with van der Waals surface area (Å²) in [6.45, 7) is 5.56. The largest absolute Gasteiger partial charge is 0.379 e. The molecule has 0 amide bonds. The van der Waals surface area contributed by atoms with Crippen LogP contribution in [-0.4, -0.2) is 47.3 Å². The number of nitrogens with zero attached hydrogens (tertiary/aromatic N) is 3. The molecule has 0 bridgehead atoms. The van der Waals surface area contributed by atoms with Crippen LogP contribution >= 0.6 is 34.0 Å². The molecule has 0 saturated carbocycles. The summed E-state index contributed by atoms with van der Waals surface area (Å²) in [5.74, 6) is 0.601. The first-order valence-electron chi connectivity index (χ1n) is 6.35. The van der Waals surface area contributed by atoms with E-state index < -0.39 is 0 Å². The Morgan fingerprint density at radius 2 is 1.80 bits per heavy atom. The van der Waals surface area contributed by atoms with E-state index in [0.29, 0.717) is 5.95 Å². The number of fused-ring (bicyclic) bond motifs is 1. The molecule has 1 saturated heterocycles. The Labute approximate surface area is 139 Å². The van der Waals surface area contributed by atoms with Gasteiger partial charge in [0.1, 0.15) is 0 Å². The van der Waals surface area contributed by atoms with Crippen LogP contribution < -0.4 is 5.73 Å². The van der Waals surface area contributed by atoms with Crippen molar-refractivity contribution >= 4 is 50.9 Å². The van der Waals surface area contributed by atoms with Crippen LogP contribution in [0.1, 0.15) is 0 Å². The summed E-state index contributed by atoms with van der Waals surface area (Å²) >= 11 is 0. The van der Waals surface area contributed by atoms with Gasteiger partial charge in [0, 0.05) is 26.2 Å². The van der Waals surface area contributed by atoms with Crippen molar-refractivity contribution in [1.82, 2.24) is 14.5 Å². The molecule has 3 rings (SSSR count). The minimum atomic E-state index is 0. The molecule has 2 N–H and O–H groups in total. The van der Waals surface area contributed by atoms with Crippen LogP contribution in [0.4, 0.5) is 5.95 Å². The second-order valence-corrected chi connectivity index (χ2v) is 4.56. The molecule has 1 fully saturated rings. The number of hydrogen-bond donors (Lipinski definition) is 1. The number of rotatable bonds is 3. The highest BCUT2D eigenvalue weighted by Gasteiger charge is 2.12. The molecule has 20 heavy (non-hydrogen) atoms. The topological polar surface area (TPSA) is 56.3 Å². The van der Waals surface area contributed by atoms with E-state index >= 15 is 0 Å². The number of halogens is 2. The van der Waals surface area contributed by atoms with Crippen molar-refractivity contribution in [3.05, 3.63) is 24.3 Å². The minimum absolute atomic E-state index is 0. The maximum atomic E-state index is 5.98. The van der Waals surface area contributed by atoms with Crippen molar-refractivity contribution in [2.45, 2.75) is 6.54 Å². The van der Waals surface area contributed by atoms with Gasteiger partial charge >= 0.3 is 0 Å². The van der Waals surface area contributed by atoms with Crippen LogP contribution in [0.5, 0.6) is 0 Å². The standard InChI is InChI=1S/C13H18N4O.2BrH/c14-13-15-11-3-1-2-4-12(11)17(13)6-5-16-7-9-18-10-8-16;;/h1-4H,5-10H2,(H2,14,15);2*1H. The lowest BCUT2D eigenvalue weighted by molar-refractivity contribution is 0.0366. The molecular weight excluding hydrogens is 388 g/mol. The quantitative estimate of drug-likeness (QED) is 0.846. The zero-order chi connectivity index (χ0) is 12.4. The first-order chi connectivity index (χ1) is 8.84. The average molecular weight is 408 g/mol. The van der Waals surface area contributed by atoms with Crippen molar-refractivity contribution < 1.29 is 4.74 Å². The summed E-state index contributed by atoms with van der Waals surface area (Å²) in [6, 6.07) is 8.07. The van der Waals surface area contributed by atoms with Gasteiger partial charge in [-0.05, 0) is 12.1 Å². The molecular formula is C13H20Br2N4O. The van der Waals surface area contributed by atoms with Gasteiger partial charge in [-0.25, -0.2) is 4.98 Å². The van der Waals surface area contributed by atoms with Gasteiger partial charge in [0.25, 0.3) is 0 Å². The Hall–Kier alpha value is -0.630. The monoisotopic (exact) mass is 406 g/mol. The third kappa shape index (κ3) is 3.72. The van der Waals surface area contributed by atoms with Crippen molar-refractivity contribution in [3.63, 3.8) is 0 Å². The van der Waals surface area contributed by atoms with Crippen LogP contribution in [0.2, 0.25) is 0 Å². The highest BCUT2D eigenvalue weighted by molar-refractivity contribution is 8.93. The summed E-state index contributed by atoms with van der Waals surface area (Å²) < 4.78 is 7.43. The van der Waals surface area contributed by atoms with Crippen molar-refractivity contribution in [1.29, 1.82) is 0 Å². The van der Waals surface area contributed by atoms with Crippen LogP contribution in [0, 0.1) is 0 Å². The molecule has 0 atom stereocenters. The van der Waals surface area contributed by atoms with Gasteiger partial charge < -0.3 is 15.0 Å². The molecule has 0 aliphatic carbocycles. The molecule has 2 aromatic rings. The second kappa shape index (κ2) is 7.97. The summed E-state index contributed by atoms with van der Waals surface area (Å²) in [6.07, 6.45) is 0. The lowest BCUT2D eigenvalue weighted by atomic mass is 10.3. The number of anilines is 1. The fourth-order valence-electron chi connectivity index (χ4n) is 2.40. The minimum Gasteiger partial charge on any atom is -0.379 e. The highest BCUT2D eigenvalue weighted by atomic mass is 79.9. The Morgan fingerprint density at radius 3 is 2.55 bits per heavy atom. The number of nitrogens with two attached hydrogens (primary N) is 1. The highest BCUT2D eigenvalue weighted by Crippen LogP contribution is 2.17. The van der Waals surface area contributed by atoms with E-state index in [2.05, 4.69) is 20.5 Å². The summed E-state index contributed by atoms with van der Waals surface area (Å²) in [4.78, 5) is 6.77. The van der Waals surface area contributed by atoms with Crippen molar-refractivity contribution in [3.8, 4) is 0 Å². The molecule has 0 radical (unpaired) electrons. The van der Waals surface area contributed by atoms with E-state index in [9.17, 15) is 0 Å². The molecule has 112 valence electrons. The Morgan fingerprint density at radius 1 is 1.10 bits per heavy atom. The summed E-state index contributed by atoms with van der Waals surface area (Å²) in [5.41, 5.74) is 8.06. The first kappa shape index (κ1) is 17.4. The summed E-state index contributed by atoms with van der Waals surface area (Å²) in [5, 5.41) is 0. The predicted octanol–water partition coefficient (Wildman–Crippen LogP) is 2.11. The van der Waals surface area contributed by atoms with E-state index in [4.69, 9.17) is 10.5 Å². The smallest absolute Gasteiger partial charge is 0.201 e. The Bertz CT molecular complexity index is 540. The lowest BCUT2D eigenvalue weighted by Gasteiger charge is -2.26. The number of hydrogen-bond acceptors (Lipinski definition) is 4. The van der Waals surface area contributed by atoms with E-state index in [1.54, 1.807) is 0 Å². The SMILES string of the molecule is Br.Br.Nc1nc2ccccc2n1CCN1CCOCC1. The zero-order valence-electron chi connectivity index (χ0n) is 11.2. The summed E-state index contributed by atoms with van der Waals surface area (Å²) in [7, 11) is 0. The molecule has 5 nitrogen and oxygen atoms in total. The van der Waals surface area contributed by atoms with Crippen LogP contribution in [0.25, 0.3) is 11.0 Å². The fraction of sp³-hybridized carbons (Fsp3) is 0.462. The van der Waals surface area contributed by atoms with E-state index in [1.807, 2.05) is 18.2 Å². The molecule has 1 aromatic carbocycles. The van der Waals surface area contributed by atoms with Gasteiger partial charge in [-0.2, -0.15) is 0 Å². The molecule has 2 heterocycles. The number of morpholine rings is 1. The van der Waals surface area contributed by atoms with E-state index in [1.165, 1.54) is 0 Å². The van der Waals surface area contributed by atoms with Crippen LogP contribution in [0.3, 0.4) is 0 Å². The second-order valence-electron chi connectivity index (χ2n) is 4.56. The maximum Gasteiger partial charge on any atom is 0.201 e. The van der Waals surface area contributed by atoms with Crippen LogP contribution in [-0.2, 0) is 11.3 Å². The lowest BCUT2D eigenvalue weighted by Crippen LogP contribution is -2.38. The van der Waals surface area contributed by atoms with Crippen LogP contribution in [0.15, 0.2) is 24.3 Å². The zero-order valence-corrected chi connectivity index (χ0v) is 14.6. The van der Waals surface area contributed by atoms with E-state index in [0.717, 1.165) is 50.4 Å². The number of nitrogen functional groups attached to an aromatic ring is 1. The molecule has 1 aromatic heterocycles. The normalized spacial score (nSPS) is 15.6. The molecule has 7 heteroatoms. The van der Waals surface area contributed by atoms with Gasteiger partial charge in [-0.1, -0.05) is 12.1 Å². The number of para-hydroxylation sites is 2. The number of ether oxygens (including phenoxy) is 1.